The molecule has 156 valence electrons. The smallest absolute Gasteiger partial charge is 0.163 e. The maximum absolute atomic E-state index is 13.3. The Balaban J connectivity index is 1.93. The van der Waals surface area contributed by atoms with Gasteiger partial charge in [-0.2, -0.15) is 0 Å². The fourth-order valence-corrected chi connectivity index (χ4v) is 6.35. The molecule has 2 fully saturated rings. The third-order valence-corrected chi connectivity index (χ3v) is 7.82. The van der Waals surface area contributed by atoms with Gasteiger partial charge in [0.25, 0.3) is 0 Å². The number of rotatable bonds is 5. The van der Waals surface area contributed by atoms with E-state index in [4.69, 9.17) is 9.47 Å². The minimum absolute atomic E-state index is 0.0257. The van der Waals surface area contributed by atoms with Crippen molar-refractivity contribution in [2.24, 2.45) is 22.7 Å². The lowest BCUT2D eigenvalue weighted by Crippen LogP contribution is -2.58. The fraction of sp³-hybridized carbons (Fsp3) is 0.708. The number of hydrogen-bond donors (Lipinski definition) is 1. The van der Waals surface area contributed by atoms with Crippen LogP contribution >= 0.6 is 0 Å². The molecule has 0 spiro atoms. The summed E-state index contributed by atoms with van der Waals surface area (Å²) in [7, 11) is 3.18. The van der Waals surface area contributed by atoms with Gasteiger partial charge in [0.15, 0.2) is 5.78 Å². The van der Waals surface area contributed by atoms with Crippen LogP contribution in [0.25, 0.3) is 0 Å². The second kappa shape index (κ2) is 7.37. The third-order valence-electron chi connectivity index (χ3n) is 7.82. The Hall–Kier alpha value is -1.55. The Morgan fingerprint density at radius 3 is 2.21 bits per heavy atom. The molecule has 4 unspecified atom stereocenters. The summed E-state index contributed by atoms with van der Waals surface area (Å²) in [5.74, 6) is 1.75. The molecule has 0 bridgehead atoms. The zero-order valence-corrected chi connectivity index (χ0v) is 18.3. The third kappa shape index (κ3) is 3.68. The first kappa shape index (κ1) is 21.2. The minimum Gasteiger partial charge on any atom is -0.497 e. The molecule has 2 saturated carbocycles. The molecule has 28 heavy (non-hydrogen) atoms. The first-order chi connectivity index (χ1) is 13.0. The van der Waals surface area contributed by atoms with Gasteiger partial charge in [0, 0.05) is 24.0 Å². The van der Waals surface area contributed by atoms with E-state index in [0.717, 1.165) is 25.7 Å². The Bertz CT molecular complexity index is 714. The molecule has 4 atom stereocenters. The second-order valence-corrected chi connectivity index (χ2v) is 10.1. The molecule has 0 aromatic heterocycles. The lowest BCUT2D eigenvalue weighted by Gasteiger charge is -2.61. The van der Waals surface area contributed by atoms with Crippen molar-refractivity contribution in [2.75, 3.05) is 14.2 Å². The molecule has 4 nitrogen and oxygen atoms in total. The van der Waals surface area contributed by atoms with Crippen LogP contribution in [0.4, 0.5) is 0 Å². The van der Waals surface area contributed by atoms with Crippen LogP contribution in [0, 0.1) is 22.7 Å². The summed E-state index contributed by atoms with van der Waals surface area (Å²) in [6, 6.07) is 5.31. The number of ketones is 1. The maximum atomic E-state index is 13.3. The monoisotopic (exact) mass is 388 g/mol. The van der Waals surface area contributed by atoms with E-state index in [1.165, 1.54) is 6.42 Å². The molecule has 0 saturated heterocycles. The predicted molar refractivity (Wildman–Crippen MR) is 111 cm³/mol. The highest BCUT2D eigenvalue weighted by Gasteiger charge is 2.58. The molecule has 0 heterocycles. The van der Waals surface area contributed by atoms with Crippen molar-refractivity contribution in [3.63, 3.8) is 0 Å². The second-order valence-electron chi connectivity index (χ2n) is 10.1. The predicted octanol–water partition coefficient (Wildman–Crippen LogP) is 5.27. The zero-order valence-electron chi connectivity index (χ0n) is 18.3. The van der Waals surface area contributed by atoms with Gasteiger partial charge in [-0.05, 0) is 61.5 Å². The number of aliphatic hydroxyl groups is 1. The van der Waals surface area contributed by atoms with Gasteiger partial charge in [0.2, 0.25) is 0 Å². The van der Waals surface area contributed by atoms with Crippen molar-refractivity contribution in [1.82, 2.24) is 0 Å². The summed E-state index contributed by atoms with van der Waals surface area (Å²) in [4.78, 5) is 13.3. The van der Waals surface area contributed by atoms with E-state index in [-0.39, 0.29) is 22.5 Å². The van der Waals surface area contributed by atoms with Gasteiger partial charge in [-0.1, -0.05) is 27.2 Å². The summed E-state index contributed by atoms with van der Waals surface area (Å²) in [6.07, 6.45) is 5.62. The van der Waals surface area contributed by atoms with E-state index >= 15 is 0 Å². The maximum Gasteiger partial charge on any atom is 0.163 e. The Morgan fingerprint density at radius 2 is 1.64 bits per heavy atom. The van der Waals surface area contributed by atoms with Gasteiger partial charge in [-0.3, -0.25) is 4.79 Å². The van der Waals surface area contributed by atoms with Gasteiger partial charge in [0.05, 0.1) is 19.8 Å². The van der Waals surface area contributed by atoms with Crippen LogP contribution in [-0.2, 0) is 0 Å². The van der Waals surface area contributed by atoms with Gasteiger partial charge in [0.1, 0.15) is 11.5 Å². The molecular weight excluding hydrogens is 352 g/mol. The zero-order chi connectivity index (χ0) is 20.7. The van der Waals surface area contributed by atoms with E-state index < -0.39 is 5.60 Å². The first-order valence-electron chi connectivity index (χ1n) is 10.5. The molecule has 2 aliphatic rings. The topological polar surface area (TPSA) is 55.8 Å². The largest absolute Gasteiger partial charge is 0.497 e. The lowest BCUT2D eigenvalue weighted by molar-refractivity contribution is -0.165. The SMILES string of the molecule is COc1cc(OC)cc(C(=O)CC2C(C)(O)CCC3C(C)(C)CCCC32C)c1. The molecule has 2 aliphatic carbocycles. The average Bonchev–Trinajstić information content (AvgIpc) is 2.63. The number of carbonyl (C=O) groups excluding carboxylic acids is 1. The molecule has 1 aromatic carbocycles. The summed E-state index contributed by atoms with van der Waals surface area (Å²) < 4.78 is 10.7. The number of ether oxygens (including phenoxy) is 2. The van der Waals surface area contributed by atoms with Gasteiger partial charge < -0.3 is 14.6 Å². The Morgan fingerprint density at radius 1 is 1.04 bits per heavy atom. The van der Waals surface area contributed by atoms with Crippen LogP contribution in [0.3, 0.4) is 0 Å². The molecule has 1 aromatic rings. The molecule has 0 aliphatic heterocycles. The lowest BCUT2D eigenvalue weighted by atomic mass is 9.45. The Kier molecular flexibility index (Phi) is 5.57. The summed E-state index contributed by atoms with van der Waals surface area (Å²) in [5.41, 5.74) is -0.00332. The highest BCUT2D eigenvalue weighted by molar-refractivity contribution is 5.97. The number of Topliss-reactive ketones (excluding diaryl/α,β-unsaturated/α-hetero) is 1. The highest BCUT2D eigenvalue weighted by Crippen LogP contribution is 2.62. The van der Waals surface area contributed by atoms with Crippen LogP contribution in [-0.4, -0.2) is 30.7 Å². The van der Waals surface area contributed by atoms with Gasteiger partial charge >= 0.3 is 0 Å². The van der Waals surface area contributed by atoms with E-state index in [2.05, 4.69) is 20.8 Å². The van der Waals surface area contributed by atoms with Crippen LogP contribution in [0.1, 0.15) is 76.6 Å². The summed E-state index contributed by atoms with van der Waals surface area (Å²) >= 11 is 0. The standard InChI is InChI=1S/C24H36O4/c1-22(2)9-7-10-23(3)20(22)8-11-24(4,26)21(23)15-19(25)16-12-17(27-5)14-18(13-16)28-6/h12-14,20-21,26H,7-11,15H2,1-6H3. The molecule has 1 N–H and O–H groups in total. The van der Waals surface area contributed by atoms with E-state index in [1.807, 2.05) is 6.92 Å². The van der Waals surface area contributed by atoms with Crippen molar-refractivity contribution in [1.29, 1.82) is 0 Å². The van der Waals surface area contributed by atoms with Crippen molar-refractivity contribution in [2.45, 2.75) is 71.8 Å². The van der Waals surface area contributed by atoms with E-state index in [1.54, 1.807) is 32.4 Å². The molecule has 3 rings (SSSR count). The van der Waals surface area contributed by atoms with Crippen molar-refractivity contribution in [3.8, 4) is 11.5 Å². The molecule has 0 amide bonds. The van der Waals surface area contributed by atoms with Crippen molar-refractivity contribution in [3.05, 3.63) is 23.8 Å². The van der Waals surface area contributed by atoms with Crippen LogP contribution in [0.2, 0.25) is 0 Å². The van der Waals surface area contributed by atoms with Crippen molar-refractivity contribution < 1.29 is 19.4 Å². The summed E-state index contributed by atoms with van der Waals surface area (Å²) in [6.45, 7) is 8.97. The number of methoxy groups -OCH3 is 2. The van der Waals surface area contributed by atoms with Gasteiger partial charge in [-0.25, -0.2) is 0 Å². The number of carbonyl (C=O) groups is 1. The van der Waals surface area contributed by atoms with E-state index in [9.17, 15) is 9.90 Å². The molecule has 0 radical (unpaired) electrons. The quantitative estimate of drug-likeness (QED) is 0.698. The average molecular weight is 389 g/mol. The summed E-state index contributed by atoms with van der Waals surface area (Å²) in [5, 5.41) is 11.3. The van der Waals surface area contributed by atoms with Crippen LogP contribution in [0.15, 0.2) is 18.2 Å². The fourth-order valence-electron chi connectivity index (χ4n) is 6.35. The van der Waals surface area contributed by atoms with Crippen molar-refractivity contribution >= 4 is 5.78 Å². The van der Waals surface area contributed by atoms with Gasteiger partial charge in [-0.15, -0.1) is 0 Å². The number of benzene rings is 1. The first-order valence-corrected chi connectivity index (χ1v) is 10.5. The van der Waals surface area contributed by atoms with Crippen LogP contribution < -0.4 is 9.47 Å². The molecular formula is C24H36O4. The number of fused-ring (bicyclic) bond motifs is 1. The Labute approximate surface area is 169 Å². The minimum atomic E-state index is -0.822. The highest BCUT2D eigenvalue weighted by atomic mass is 16.5. The number of hydrogen-bond acceptors (Lipinski definition) is 4. The van der Waals surface area contributed by atoms with E-state index in [0.29, 0.717) is 29.4 Å². The molecule has 4 heteroatoms. The normalized spacial score (nSPS) is 34.4. The van der Waals surface area contributed by atoms with Crippen LogP contribution in [0.5, 0.6) is 11.5 Å².